The Morgan fingerprint density at radius 2 is 2.11 bits per heavy atom. The number of likely N-dealkylation sites (tertiary alicyclic amines) is 1. The first-order valence-corrected chi connectivity index (χ1v) is 7.33. The molecule has 2 rings (SSSR count). The Labute approximate surface area is 119 Å². The average molecular weight is 281 g/mol. The second-order valence-electron chi connectivity index (χ2n) is 4.98. The molecule has 0 aliphatic carbocycles. The van der Waals surface area contributed by atoms with Crippen LogP contribution in [0, 0.1) is 0 Å². The molecular weight excluding hydrogens is 260 g/mol. The molecule has 1 amide bonds. The number of halogens is 1. The van der Waals surface area contributed by atoms with Crippen LogP contribution in [0.2, 0.25) is 5.02 Å². The van der Waals surface area contributed by atoms with Gasteiger partial charge in [-0.15, -0.1) is 0 Å². The summed E-state index contributed by atoms with van der Waals surface area (Å²) in [5, 5.41) is 4.06. The van der Waals surface area contributed by atoms with Gasteiger partial charge in [-0.1, -0.05) is 30.7 Å². The molecule has 19 heavy (non-hydrogen) atoms. The lowest BCUT2D eigenvalue weighted by Gasteiger charge is -2.25. The summed E-state index contributed by atoms with van der Waals surface area (Å²) in [5.74, 6) is 0.274. The van der Waals surface area contributed by atoms with Gasteiger partial charge in [-0.25, -0.2) is 0 Å². The Hall–Kier alpha value is -1.06. The molecule has 0 bridgehead atoms. The van der Waals surface area contributed by atoms with E-state index in [4.69, 9.17) is 11.6 Å². The van der Waals surface area contributed by atoms with Gasteiger partial charge in [-0.2, -0.15) is 0 Å². The molecule has 1 N–H and O–H groups in total. The molecule has 1 aliphatic rings. The van der Waals surface area contributed by atoms with Gasteiger partial charge < -0.3 is 10.2 Å². The van der Waals surface area contributed by atoms with E-state index in [1.54, 1.807) is 0 Å². The summed E-state index contributed by atoms with van der Waals surface area (Å²) in [6, 6.07) is 8.13. The number of carbonyl (C=O) groups is 1. The first-order valence-electron chi connectivity index (χ1n) is 6.95. The van der Waals surface area contributed by atoms with Gasteiger partial charge in [-0.05, 0) is 43.6 Å². The lowest BCUT2D eigenvalue weighted by atomic mass is 10.1. The number of carbonyl (C=O) groups excluding carboxylic acids is 1. The van der Waals surface area contributed by atoms with Crippen LogP contribution in [0.15, 0.2) is 24.3 Å². The molecule has 3 nitrogen and oxygen atoms in total. The van der Waals surface area contributed by atoms with E-state index in [2.05, 4.69) is 12.2 Å². The van der Waals surface area contributed by atoms with Crippen molar-refractivity contribution >= 4 is 17.5 Å². The maximum absolute atomic E-state index is 12.0. The standard InChI is InChI=1S/C15H21ClN2O/c1-2-17-10-9-14-7-8-15(19)18(14)11-12-3-5-13(16)6-4-12/h3-6,14,17H,2,7-11H2,1H3. The van der Waals surface area contributed by atoms with Crippen LogP contribution in [0.1, 0.15) is 31.7 Å². The molecule has 1 heterocycles. The van der Waals surface area contributed by atoms with Crippen molar-refractivity contribution in [2.45, 2.75) is 38.8 Å². The normalized spacial score (nSPS) is 19.2. The van der Waals surface area contributed by atoms with Gasteiger partial charge in [-0.3, -0.25) is 4.79 Å². The molecule has 1 aromatic carbocycles. The second kappa shape index (κ2) is 6.92. The fraction of sp³-hybridized carbons (Fsp3) is 0.533. The van der Waals surface area contributed by atoms with Crippen LogP contribution in [-0.4, -0.2) is 29.9 Å². The number of hydrogen-bond donors (Lipinski definition) is 1. The van der Waals surface area contributed by atoms with Crippen LogP contribution >= 0.6 is 11.6 Å². The fourth-order valence-electron chi connectivity index (χ4n) is 2.54. The Morgan fingerprint density at radius 3 is 2.79 bits per heavy atom. The van der Waals surface area contributed by atoms with Crippen LogP contribution in [0.3, 0.4) is 0 Å². The van der Waals surface area contributed by atoms with E-state index < -0.39 is 0 Å². The zero-order chi connectivity index (χ0) is 13.7. The molecule has 1 atom stereocenters. The predicted molar refractivity (Wildman–Crippen MR) is 78.2 cm³/mol. The topological polar surface area (TPSA) is 32.3 Å². The van der Waals surface area contributed by atoms with E-state index in [9.17, 15) is 4.79 Å². The van der Waals surface area contributed by atoms with Crippen molar-refractivity contribution in [3.63, 3.8) is 0 Å². The number of amides is 1. The summed E-state index contributed by atoms with van der Waals surface area (Å²) in [4.78, 5) is 14.0. The Balaban J connectivity index is 1.95. The molecule has 0 spiro atoms. The molecule has 4 heteroatoms. The summed E-state index contributed by atoms with van der Waals surface area (Å²) < 4.78 is 0. The van der Waals surface area contributed by atoms with Gasteiger partial charge in [0.05, 0.1) is 0 Å². The van der Waals surface area contributed by atoms with Crippen molar-refractivity contribution in [1.82, 2.24) is 10.2 Å². The van der Waals surface area contributed by atoms with Crippen molar-refractivity contribution in [2.24, 2.45) is 0 Å². The fourth-order valence-corrected chi connectivity index (χ4v) is 2.67. The number of nitrogens with zero attached hydrogens (tertiary/aromatic N) is 1. The molecule has 1 unspecified atom stereocenters. The van der Waals surface area contributed by atoms with Gasteiger partial charge in [0.1, 0.15) is 0 Å². The summed E-state index contributed by atoms with van der Waals surface area (Å²) in [7, 11) is 0. The summed E-state index contributed by atoms with van der Waals surface area (Å²) in [6.07, 6.45) is 2.70. The largest absolute Gasteiger partial charge is 0.335 e. The number of benzene rings is 1. The van der Waals surface area contributed by atoms with Crippen molar-refractivity contribution < 1.29 is 4.79 Å². The van der Waals surface area contributed by atoms with Crippen molar-refractivity contribution in [1.29, 1.82) is 0 Å². The SMILES string of the molecule is CCNCCC1CCC(=O)N1Cc1ccc(Cl)cc1. The van der Waals surface area contributed by atoms with E-state index in [0.29, 0.717) is 19.0 Å². The second-order valence-corrected chi connectivity index (χ2v) is 5.42. The van der Waals surface area contributed by atoms with Crippen LogP contribution < -0.4 is 5.32 Å². The predicted octanol–water partition coefficient (Wildman–Crippen LogP) is 2.83. The van der Waals surface area contributed by atoms with Crippen LogP contribution in [-0.2, 0) is 11.3 Å². The third-order valence-electron chi connectivity index (χ3n) is 3.62. The number of rotatable bonds is 6. The number of hydrogen-bond acceptors (Lipinski definition) is 2. The van der Waals surface area contributed by atoms with Crippen LogP contribution in [0.5, 0.6) is 0 Å². The molecule has 1 fully saturated rings. The molecule has 104 valence electrons. The number of nitrogens with one attached hydrogen (secondary N) is 1. The van der Waals surface area contributed by atoms with Crippen molar-refractivity contribution in [3.8, 4) is 0 Å². The van der Waals surface area contributed by atoms with Crippen LogP contribution in [0.25, 0.3) is 0 Å². The monoisotopic (exact) mass is 280 g/mol. The minimum Gasteiger partial charge on any atom is -0.335 e. The van der Waals surface area contributed by atoms with E-state index in [1.165, 1.54) is 0 Å². The lowest BCUT2D eigenvalue weighted by molar-refractivity contribution is -0.129. The molecule has 0 radical (unpaired) electrons. The smallest absolute Gasteiger partial charge is 0.223 e. The highest BCUT2D eigenvalue weighted by Gasteiger charge is 2.30. The molecule has 0 saturated carbocycles. The third kappa shape index (κ3) is 3.95. The van der Waals surface area contributed by atoms with E-state index in [-0.39, 0.29) is 5.91 Å². The zero-order valence-corrected chi connectivity index (χ0v) is 12.1. The Morgan fingerprint density at radius 1 is 1.37 bits per heavy atom. The van der Waals surface area contributed by atoms with Crippen LogP contribution in [0.4, 0.5) is 0 Å². The van der Waals surface area contributed by atoms with Crippen molar-refractivity contribution in [2.75, 3.05) is 13.1 Å². The molecule has 0 aromatic heterocycles. The highest BCUT2D eigenvalue weighted by Crippen LogP contribution is 2.24. The molecular formula is C15H21ClN2O. The minimum atomic E-state index is 0.274. The van der Waals surface area contributed by atoms with Crippen molar-refractivity contribution in [3.05, 3.63) is 34.9 Å². The quantitative estimate of drug-likeness (QED) is 0.813. The molecule has 1 aromatic rings. The average Bonchev–Trinajstić information content (AvgIpc) is 2.74. The summed E-state index contributed by atoms with van der Waals surface area (Å²) in [6.45, 7) is 4.77. The first kappa shape index (κ1) is 14.4. The van der Waals surface area contributed by atoms with E-state index in [0.717, 1.165) is 36.5 Å². The van der Waals surface area contributed by atoms with E-state index >= 15 is 0 Å². The van der Waals surface area contributed by atoms with E-state index in [1.807, 2.05) is 29.2 Å². The zero-order valence-electron chi connectivity index (χ0n) is 11.4. The minimum absolute atomic E-state index is 0.274. The maximum Gasteiger partial charge on any atom is 0.223 e. The van der Waals surface area contributed by atoms with Gasteiger partial charge in [0.15, 0.2) is 0 Å². The highest BCUT2D eigenvalue weighted by atomic mass is 35.5. The van der Waals surface area contributed by atoms with Gasteiger partial charge >= 0.3 is 0 Å². The first-order chi connectivity index (χ1) is 9.20. The highest BCUT2D eigenvalue weighted by molar-refractivity contribution is 6.30. The third-order valence-corrected chi connectivity index (χ3v) is 3.88. The maximum atomic E-state index is 12.0. The molecule has 1 saturated heterocycles. The molecule has 1 aliphatic heterocycles. The Bertz CT molecular complexity index is 419. The summed E-state index contributed by atoms with van der Waals surface area (Å²) >= 11 is 5.88. The van der Waals surface area contributed by atoms with Gasteiger partial charge in [0.25, 0.3) is 0 Å². The van der Waals surface area contributed by atoms with Gasteiger partial charge in [0.2, 0.25) is 5.91 Å². The summed E-state index contributed by atoms with van der Waals surface area (Å²) in [5.41, 5.74) is 1.15. The van der Waals surface area contributed by atoms with Gasteiger partial charge in [0, 0.05) is 24.0 Å². The lowest BCUT2D eigenvalue weighted by Crippen LogP contribution is -2.34. The Kier molecular flexibility index (Phi) is 5.23.